The Bertz CT molecular complexity index is 1730. The number of fused-ring (bicyclic) bond motifs is 1. The summed E-state index contributed by atoms with van der Waals surface area (Å²) in [4.78, 5) is 18.0. The van der Waals surface area contributed by atoms with E-state index in [1.165, 1.54) is 6.21 Å². The summed E-state index contributed by atoms with van der Waals surface area (Å²) in [6.45, 7) is 0.264. The van der Waals surface area contributed by atoms with Gasteiger partial charge in [0.2, 0.25) is 0 Å². The van der Waals surface area contributed by atoms with Gasteiger partial charge in [-0.3, -0.25) is 4.79 Å². The lowest BCUT2D eigenvalue weighted by Gasteiger charge is -2.14. The third kappa shape index (κ3) is 6.28. The Morgan fingerprint density at radius 2 is 1.75 bits per heavy atom. The van der Waals surface area contributed by atoms with Crippen LogP contribution in [0.2, 0.25) is 10.0 Å². The number of hydrogen-bond donors (Lipinski definition) is 1. The van der Waals surface area contributed by atoms with E-state index >= 15 is 0 Å². The molecule has 6 nitrogen and oxygen atoms in total. The second-order valence-electron chi connectivity index (χ2n) is 8.71. The highest BCUT2D eigenvalue weighted by Crippen LogP contribution is 2.37. The molecular weight excluding hydrogens is 613 g/mol. The number of ether oxygens (including phenoxy) is 2. The predicted octanol–water partition coefficient (Wildman–Crippen LogP) is 8.32. The molecular formula is C31H22BrCl2N3O3. The van der Waals surface area contributed by atoms with Crippen molar-refractivity contribution < 1.29 is 14.3 Å². The lowest BCUT2D eigenvalue weighted by atomic mass is 10.0. The first-order chi connectivity index (χ1) is 19.4. The van der Waals surface area contributed by atoms with Crippen molar-refractivity contribution in [3.8, 4) is 22.8 Å². The molecule has 0 fully saturated rings. The van der Waals surface area contributed by atoms with Crippen LogP contribution in [-0.2, 0) is 6.61 Å². The third-order valence-electron chi connectivity index (χ3n) is 6.03. The standard InChI is InChI=1S/C31H22BrCl2N3O3/c1-39-29-15-20(13-24(32)30(29)40-18-19-11-12-25(33)26(34)14-19)17-35-37-31(38)23-16-28(21-7-3-2-4-8-21)36-27-10-6-5-9-22(23)27/h2-17H,18H2,1H3,(H,37,38)/b35-17+. The Morgan fingerprint density at radius 3 is 2.52 bits per heavy atom. The molecule has 5 aromatic rings. The quantitative estimate of drug-likeness (QED) is 0.138. The fourth-order valence-electron chi connectivity index (χ4n) is 4.09. The molecule has 0 radical (unpaired) electrons. The summed E-state index contributed by atoms with van der Waals surface area (Å²) in [5.74, 6) is 0.668. The highest BCUT2D eigenvalue weighted by Gasteiger charge is 2.15. The van der Waals surface area contributed by atoms with Gasteiger partial charge in [0.1, 0.15) is 6.61 Å². The number of amides is 1. The molecule has 0 aliphatic heterocycles. The van der Waals surface area contributed by atoms with Gasteiger partial charge < -0.3 is 9.47 Å². The molecule has 0 unspecified atom stereocenters. The molecule has 0 bridgehead atoms. The van der Waals surface area contributed by atoms with Crippen molar-refractivity contribution in [1.29, 1.82) is 0 Å². The van der Waals surface area contributed by atoms with Crippen molar-refractivity contribution in [3.05, 3.63) is 122 Å². The van der Waals surface area contributed by atoms with Crippen molar-refractivity contribution in [2.24, 2.45) is 5.10 Å². The number of pyridine rings is 1. The number of methoxy groups -OCH3 is 1. The van der Waals surface area contributed by atoms with Gasteiger partial charge in [-0.25, -0.2) is 10.4 Å². The maximum atomic E-state index is 13.2. The van der Waals surface area contributed by atoms with Crippen LogP contribution in [0.15, 0.2) is 101 Å². The van der Waals surface area contributed by atoms with E-state index in [1.54, 1.807) is 31.4 Å². The average molecular weight is 635 g/mol. The van der Waals surface area contributed by atoms with Crippen LogP contribution >= 0.6 is 39.1 Å². The average Bonchev–Trinajstić information content (AvgIpc) is 2.97. The Hall–Kier alpha value is -3.91. The Balaban J connectivity index is 1.34. The fourth-order valence-corrected chi connectivity index (χ4v) is 4.98. The first kappa shape index (κ1) is 27.6. The number of carbonyl (C=O) groups excluding carboxylic acids is 1. The van der Waals surface area contributed by atoms with E-state index in [1.807, 2.05) is 66.7 Å². The first-order valence-corrected chi connectivity index (χ1v) is 13.7. The van der Waals surface area contributed by atoms with E-state index in [4.69, 9.17) is 37.7 Å². The summed E-state index contributed by atoms with van der Waals surface area (Å²) in [5.41, 5.74) is 7.02. The van der Waals surface area contributed by atoms with Gasteiger partial charge in [-0.2, -0.15) is 5.10 Å². The number of para-hydroxylation sites is 1. The maximum Gasteiger partial charge on any atom is 0.272 e. The van der Waals surface area contributed by atoms with Gasteiger partial charge >= 0.3 is 0 Å². The number of nitrogens with one attached hydrogen (secondary N) is 1. The van der Waals surface area contributed by atoms with Crippen LogP contribution < -0.4 is 14.9 Å². The normalized spacial score (nSPS) is 11.1. The molecule has 200 valence electrons. The molecule has 1 heterocycles. The molecule has 0 atom stereocenters. The molecule has 0 aliphatic carbocycles. The maximum absolute atomic E-state index is 13.2. The van der Waals surface area contributed by atoms with Crippen LogP contribution in [0.4, 0.5) is 0 Å². The zero-order valence-corrected chi connectivity index (χ0v) is 24.3. The van der Waals surface area contributed by atoms with Crippen LogP contribution in [0.5, 0.6) is 11.5 Å². The number of benzene rings is 4. The minimum Gasteiger partial charge on any atom is -0.493 e. The number of nitrogens with zero attached hydrogens (tertiary/aromatic N) is 2. The van der Waals surface area contributed by atoms with Gasteiger partial charge in [0.05, 0.1) is 44.6 Å². The van der Waals surface area contributed by atoms with E-state index in [9.17, 15) is 4.79 Å². The number of rotatable bonds is 8. The summed E-state index contributed by atoms with van der Waals surface area (Å²) in [5, 5.41) is 5.87. The van der Waals surface area contributed by atoms with Crippen molar-refractivity contribution in [2.75, 3.05) is 7.11 Å². The number of carbonyl (C=O) groups is 1. The molecule has 0 aliphatic rings. The zero-order valence-electron chi connectivity index (χ0n) is 21.2. The van der Waals surface area contributed by atoms with Gasteiger partial charge in [-0.15, -0.1) is 0 Å². The third-order valence-corrected chi connectivity index (χ3v) is 7.36. The summed E-state index contributed by atoms with van der Waals surface area (Å²) < 4.78 is 12.2. The molecule has 4 aromatic carbocycles. The molecule has 0 saturated carbocycles. The van der Waals surface area contributed by atoms with Crippen LogP contribution in [0.1, 0.15) is 21.5 Å². The molecule has 1 aromatic heterocycles. The van der Waals surface area contributed by atoms with Gasteiger partial charge in [0.25, 0.3) is 5.91 Å². The van der Waals surface area contributed by atoms with Crippen LogP contribution in [0.25, 0.3) is 22.2 Å². The van der Waals surface area contributed by atoms with Gasteiger partial charge in [-0.1, -0.05) is 77.8 Å². The summed E-state index contributed by atoms with van der Waals surface area (Å²) in [7, 11) is 1.55. The number of halogens is 3. The molecule has 1 N–H and O–H groups in total. The second kappa shape index (κ2) is 12.5. The SMILES string of the molecule is COc1cc(/C=N/NC(=O)c2cc(-c3ccccc3)nc3ccccc23)cc(Br)c1OCc1ccc(Cl)c(Cl)c1. The van der Waals surface area contributed by atoms with E-state index < -0.39 is 0 Å². The first-order valence-electron chi connectivity index (χ1n) is 12.2. The molecule has 0 saturated heterocycles. The number of aromatic nitrogens is 1. The summed E-state index contributed by atoms with van der Waals surface area (Å²) in [6, 6.07) is 27.9. The minimum atomic E-state index is -0.348. The van der Waals surface area contributed by atoms with Crippen LogP contribution in [0.3, 0.4) is 0 Å². The number of hydrogen-bond acceptors (Lipinski definition) is 5. The zero-order chi connectivity index (χ0) is 28.1. The van der Waals surface area contributed by atoms with Crippen molar-refractivity contribution in [2.45, 2.75) is 6.61 Å². The molecule has 1 amide bonds. The van der Waals surface area contributed by atoms with Crippen LogP contribution in [0, 0.1) is 0 Å². The highest BCUT2D eigenvalue weighted by molar-refractivity contribution is 9.10. The van der Waals surface area contributed by atoms with E-state index in [-0.39, 0.29) is 12.5 Å². The van der Waals surface area contributed by atoms with Crippen molar-refractivity contribution >= 4 is 62.2 Å². The number of hydrazone groups is 1. The fraction of sp³-hybridized carbons (Fsp3) is 0.0645. The summed E-state index contributed by atoms with van der Waals surface area (Å²) >= 11 is 15.7. The van der Waals surface area contributed by atoms with E-state index in [0.717, 1.165) is 22.0 Å². The minimum absolute atomic E-state index is 0.264. The Kier molecular flexibility index (Phi) is 8.65. The lowest BCUT2D eigenvalue weighted by molar-refractivity contribution is 0.0956. The van der Waals surface area contributed by atoms with Gasteiger partial charge in [0, 0.05) is 10.9 Å². The molecule has 9 heteroatoms. The van der Waals surface area contributed by atoms with Crippen molar-refractivity contribution in [1.82, 2.24) is 10.4 Å². The Morgan fingerprint density at radius 1 is 0.975 bits per heavy atom. The van der Waals surface area contributed by atoms with Gasteiger partial charge in [0.15, 0.2) is 11.5 Å². The second-order valence-corrected chi connectivity index (χ2v) is 10.4. The lowest BCUT2D eigenvalue weighted by Crippen LogP contribution is -2.18. The molecule has 5 rings (SSSR count). The van der Waals surface area contributed by atoms with Crippen molar-refractivity contribution in [3.63, 3.8) is 0 Å². The highest BCUT2D eigenvalue weighted by atomic mass is 79.9. The smallest absolute Gasteiger partial charge is 0.272 e. The molecule has 40 heavy (non-hydrogen) atoms. The monoisotopic (exact) mass is 633 g/mol. The van der Waals surface area contributed by atoms with E-state index in [2.05, 4.69) is 26.5 Å². The predicted molar refractivity (Wildman–Crippen MR) is 164 cm³/mol. The topological polar surface area (TPSA) is 72.8 Å². The van der Waals surface area contributed by atoms with Gasteiger partial charge in [-0.05, 0) is 63.5 Å². The largest absolute Gasteiger partial charge is 0.493 e. The van der Waals surface area contributed by atoms with E-state index in [0.29, 0.717) is 42.8 Å². The van der Waals surface area contributed by atoms with Crippen LogP contribution in [-0.4, -0.2) is 24.2 Å². The Labute approximate surface area is 249 Å². The molecule has 0 spiro atoms. The summed E-state index contributed by atoms with van der Waals surface area (Å²) in [6.07, 6.45) is 1.54.